The lowest BCUT2D eigenvalue weighted by atomic mass is 9.81. The molecule has 0 spiro atoms. The van der Waals surface area contributed by atoms with Crippen LogP contribution in [0, 0.1) is 11.8 Å². The van der Waals surface area contributed by atoms with Crippen LogP contribution in [0.1, 0.15) is 86.7 Å². The molecule has 0 unspecified atom stereocenters. The number of carboxylic acids is 1. The number of ether oxygens (including phenoxy) is 1. The van der Waals surface area contributed by atoms with Gasteiger partial charge in [-0.15, -0.1) is 16.4 Å². The molecule has 0 radical (unpaired) electrons. The summed E-state index contributed by atoms with van der Waals surface area (Å²) < 4.78 is 47.5. The number of nitrogens with zero attached hydrogens (tertiary/aromatic N) is 2. The lowest BCUT2D eigenvalue weighted by molar-refractivity contribution is -0.179. The first-order chi connectivity index (χ1) is 18.3. The fourth-order valence-electron chi connectivity index (χ4n) is 5.35. The van der Waals surface area contributed by atoms with Crippen molar-refractivity contribution in [2.45, 2.75) is 95.9 Å². The number of alkyl halides is 3. The van der Waals surface area contributed by atoms with Crippen molar-refractivity contribution in [1.29, 1.82) is 0 Å². The van der Waals surface area contributed by atoms with Gasteiger partial charge in [-0.05, 0) is 77.2 Å². The van der Waals surface area contributed by atoms with Crippen LogP contribution < -0.4 is 15.2 Å². The van der Waals surface area contributed by atoms with Crippen LogP contribution in [0.15, 0.2) is 23.0 Å². The summed E-state index contributed by atoms with van der Waals surface area (Å²) in [6.45, 7) is 4.18. The largest absolute Gasteiger partial charge is 0.477 e. The number of halogens is 3. The number of hydrogen-bond donors (Lipinski definition) is 2. The van der Waals surface area contributed by atoms with Crippen molar-refractivity contribution in [3.8, 4) is 5.88 Å². The van der Waals surface area contributed by atoms with Gasteiger partial charge in [0, 0.05) is 29.0 Å². The summed E-state index contributed by atoms with van der Waals surface area (Å²) in [4.78, 5) is 38.6. The molecule has 2 heterocycles. The molecule has 0 atom stereocenters. The van der Waals surface area contributed by atoms with E-state index in [2.05, 4.69) is 17.1 Å². The van der Waals surface area contributed by atoms with E-state index >= 15 is 0 Å². The molecule has 0 aliphatic heterocycles. The molecule has 0 bridgehead atoms. The van der Waals surface area contributed by atoms with E-state index < -0.39 is 17.6 Å². The van der Waals surface area contributed by atoms with Crippen LogP contribution in [0.25, 0.3) is 0 Å². The fourth-order valence-corrected chi connectivity index (χ4v) is 6.46. The molecular weight excluding hydrogens is 535 g/mol. The second-order valence-electron chi connectivity index (χ2n) is 11.2. The minimum Gasteiger partial charge on any atom is -0.477 e. The summed E-state index contributed by atoms with van der Waals surface area (Å²) in [5.41, 5.74) is -2.57. The Morgan fingerprint density at radius 2 is 1.72 bits per heavy atom. The summed E-state index contributed by atoms with van der Waals surface area (Å²) in [5.74, 6) is -1.11. The van der Waals surface area contributed by atoms with Crippen LogP contribution in [-0.4, -0.2) is 45.5 Å². The van der Waals surface area contributed by atoms with E-state index in [0.717, 1.165) is 26.7 Å². The first-order valence-electron chi connectivity index (χ1n) is 13.3. The first-order valence-corrected chi connectivity index (χ1v) is 14.1. The molecule has 2 saturated carbocycles. The zero-order chi connectivity index (χ0) is 28.5. The highest BCUT2D eigenvalue weighted by molar-refractivity contribution is 7.14. The fraction of sp³-hybridized carbons (Fsp3) is 0.630. The maximum Gasteiger partial charge on any atom is 0.398 e. The molecule has 0 saturated heterocycles. The van der Waals surface area contributed by atoms with Crippen LogP contribution >= 0.6 is 11.3 Å². The van der Waals surface area contributed by atoms with Crippen molar-refractivity contribution >= 4 is 28.9 Å². The number of rotatable bonds is 7. The molecule has 0 aromatic carbocycles. The van der Waals surface area contributed by atoms with E-state index in [0.29, 0.717) is 55.8 Å². The lowest BCUT2D eigenvalue weighted by Gasteiger charge is -2.39. The molecule has 214 valence electrons. The Balaban J connectivity index is 1.64. The maximum atomic E-state index is 14.0. The van der Waals surface area contributed by atoms with Gasteiger partial charge in [-0.25, -0.2) is 9.89 Å². The van der Waals surface area contributed by atoms with Gasteiger partial charge in [0.2, 0.25) is 11.8 Å². The smallest absolute Gasteiger partial charge is 0.398 e. The lowest BCUT2D eigenvalue weighted by Crippen LogP contribution is -2.47. The Hall–Kier alpha value is -2.89. The van der Waals surface area contributed by atoms with Gasteiger partial charge in [-0.3, -0.25) is 9.59 Å². The highest BCUT2D eigenvalue weighted by atomic mass is 32.1. The number of amides is 1. The van der Waals surface area contributed by atoms with Gasteiger partial charge in [-0.1, -0.05) is 6.92 Å². The van der Waals surface area contributed by atoms with Crippen LogP contribution in [0.2, 0.25) is 0 Å². The quantitative estimate of drug-likeness (QED) is 0.428. The van der Waals surface area contributed by atoms with Crippen LogP contribution in [0.3, 0.4) is 0 Å². The van der Waals surface area contributed by atoms with E-state index in [1.807, 2.05) is 0 Å². The predicted octanol–water partition coefficient (Wildman–Crippen LogP) is 5.92. The van der Waals surface area contributed by atoms with Crippen molar-refractivity contribution in [2.75, 3.05) is 4.90 Å². The maximum absolute atomic E-state index is 14.0. The van der Waals surface area contributed by atoms with Crippen LogP contribution in [0.5, 0.6) is 5.88 Å². The van der Waals surface area contributed by atoms with E-state index in [-0.39, 0.29) is 50.9 Å². The topological polar surface area (TPSA) is 113 Å². The van der Waals surface area contributed by atoms with E-state index in [9.17, 15) is 32.7 Å². The summed E-state index contributed by atoms with van der Waals surface area (Å²) in [6.07, 6.45) is 0.288. The SMILES string of the molecule is CC1CCC(C(=O)N(c2cc(C(C)(C)C(F)(F)F)sc2C(=O)O)C2CCC(Oc3ccc(=O)[nH]n3)CC2)CC1. The third-order valence-electron chi connectivity index (χ3n) is 8.04. The molecular formula is C27H34F3N3O5S. The Morgan fingerprint density at radius 3 is 2.26 bits per heavy atom. The average Bonchev–Trinajstić information content (AvgIpc) is 3.32. The molecule has 12 heteroatoms. The van der Waals surface area contributed by atoms with Crippen molar-refractivity contribution in [1.82, 2.24) is 10.2 Å². The molecule has 2 fully saturated rings. The highest BCUT2D eigenvalue weighted by Crippen LogP contribution is 2.47. The second kappa shape index (κ2) is 11.3. The van der Waals surface area contributed by atoms with Crippen molar-refractivity contribution in [3.63, 3.8) is 0 Å². The summed E-state index contributed by atoms with van der Waals surface area (Å²) in [5, 5.41) is 16.2. The van der Waals surface area contributed by atoms with Gasteiger partial charge < -0.3 is 14.7 Å². The number of thiophene rings is 1. The molecule has 2 aliphatic carbocycles. The van der Waals surface area contributed by atoms with Gasteiger partial charge in [0.15, 0.2) is 0 Å². The predicted molar refractivity (Wildman–Crippen MR) is 140 cm³/mol. The number of carbonyl (C=O) groups excluding carboxylic acids is 1. The van der Waals surface area contributed by atoms with Crippen molar-refractivity contribution in [2.24, 2.45) is 11.8 Å². The van der Waals surface area contributed by atoms with Crippen molar-refractivity contribution in [3.05, 3.63) is 38.3 Å². The Morgan fingerprint density at radius 1 is 1.08 bits per heavy atom. The number of carboxylic acid groups (broad SMARTS) is 1. The van der Waals surface area contributed by atoms with Crippen LogP contribution in [0.4, 0.5) is 18.9 Å². The number of carbonyl (C=O) groups is 2. The second-order valence-corrected chi connectivity index (χ2v) is 12.3. The minimum atomic E-state index is -4.59. The van der Waals surface area contributed by atoms with Crippen molar-refractivity contribution < 1.29 is 32.6 Å². The number of aromatic amines is 1. The molecule has 39 heavy (non-hydrogen) atoms. The zero-order valence-electron chi connectivity index (χ0n) is 22.2. The number of nitrogens with one attached hydrogen (secondary N) is 1. The number of H-pyrrole nitrogens is 1. The molecule has 2 aromatic rings. The van der Waals surface area contributed by atoms with E-state index in [4.69, 9.17) is 4.74 Å². The number of hydrogen-bond acceptors (Lipinski definition) is 6. The molecule has 2 aliphatic rings. The molecule has 8 nitrogen and oxygen atoms in total. The van der Waals surface area contributed by atoms with Gasteiger partial charge in [0.1, 0.15) is 11.0 Å². The number of aromatic nitrogens is 2. The zero-order valence-corrected chi connectivity index (χ0v) is 23.0. The minimum absolute atomic E-state index is 0.0510. The van der Waals surface area contributed by atoms with E-state index in [1.165, 1.54) is 23.1 Å². The monoisotopic (exact) mass is 569 g/mol. The Bertz CT molecular complexity index is 1220. The summed E-state index contributed by atoms with van der Waals surface area (Å²) in [6, 6.07) is 3.66. The molecule has 2 N–H and O–H groups in total. The van der Waals surface area contributed by atoms with Gasteiger partial charge in [0.25, 0.3) is 5.56 Å². The van der Waals surface area contributed by atoms with Crippen LogP contribution in [-0.2, 0) is 10.2 Å². The Labute approximate surface area is 228 Å². The number of aromatic carboxylic acids is 1. The van der Waals surface area contributed by atoms with Gasteiger partial charge >= 0.3 is 12.1 Å². The van der Waals surface area contributed by atoms with Gasteiger partial charge in [0.05, 0.1) is 11.1 Å². The highest BCUT2D eigenvalue weighted by Gasteiger charge is 2.50. The number of anilines is 1. The average molecular weight is 570 g/mol. The first kappa shape index (κ1) is 29.1. The normalized spacial score (nSPS) is 24.3. The molecule has 1 amide bonds. The third-order valence-corrected chi connectivity index (χ3v) is 9.48. The Kier molecular flexibility index (Phi) is 8.44. The molecule has 4 rings (SSSR count). The summed E-state index contributed by atoms with van der Waals surface area (Å²) >= 11 is 0.586. The van der Waals surface area contributed by atoms with Gasteiger partial charge in [-0.2, -0.15) is 13.2 Å². The van der Waals surface area contributed by atoms with E-state index in [1.54, 1.807) is 0 Å². The standard InChI is InChI=1S/C27H34F3N3O5S/c1-15-4-6-16(7-5-15)24(35)33(17-8-10-18(11-9-17)38-22-13-12-21(34)31-32-22)19-14-20(39-23(19)25(36)37)26(2,3)27(28,29)30/h12-18H,4-11H2,1-3H3,(H,31,34)(H,36,37). The molecule has 2 aromatic heterocycles. The summed E-state index contributed by atoms with van der Waals surface area (Å²) in [7, 11) is 0. The third kappa shape index (κ3) is 6.31.